The van der Waals surface area contributed by atoms with Crippen molar-refractivity contribution >= 4 is 57.3 Å². The average Bonchev–Trinajstić information content (AvgIpc) is 3.23. The lowest BCUT2D eigenvalue weighted by Crippen LogP contribution is -2.13. The third-order valence-corrected chi connectivity index (χ3v) is 5.56. The number of pyridine rings is 1. The predicted molar refractivity (Wildman–Crippen MR) is 96.1 cm³/mol. The summed E-state index contributed by atoms with van der Waals surface area (Å²) >= 11 is 3.45. The molecule has 2 N–H and O–H groups in total. The minimum atomic E-state index is -0.325. The Balaban J connectivity index is 1.51. The smallest absolute Gasteiger partial charge is 0.271 e. The highest BCUT2D eigenvalue weighted by atomic mass is 32.2. The van der Waals surface area contributed by atoms with E-state index in [1.165, 1.54) is 23.1 Å². The summed E-state index contributed by atoms with van der Waals surface area (Å²) in [5.74, 6) is -0.324. The van der Waals surface area contributed by atoms with Gasteiger partial charge in [0.15, 0.2) is 4.34 Å². The van der Waals surface area contributed by atoms with E-state index in [1.54, 1.807) is 31.5 Å². The number of hydrogen-bond acceptors (Lipinski definition) is 10. The fraction of sp³-hybridized carbons (Fsp3) is 0.154. The number of hydrogen-bond donors (Lipinski definition) is 2. The van der Waals surface area contributed by atoms with Crippen LogP contribution in [0.15, 0.2) is 28.9 Å². The number of aromatic nitrogens is 5. The SMILES string of the molecule is Cc1nnsc1C(=O)Nc1nnc(SCC(=O)Nc2cccnc2)s1. The van der Waals surface area contributed by atoms with Crippen LogP contribution in [0, 0.1) is 6.92 Å². The molecule has 3 aromatic rings. The standard InChI is InChI=1S/C13H11N7O2S3/c1-7-10(25-20-17-7)11(22)16-12-18-19-13(24-12)23-6-9(21)15-8-3-2-4-14-5-8/h2-5H,6H2,1H3,(H,15,21)(H,16,18,22). The molecule has 0 fully saturated rings. The summed E-state index contributed by atoms with van der Waals surface area (Å²) in [6.45, 7) is 1.71. The maximum atomic E-state index is 12.1. The van der Waals surface area contributed by atoms with Gasteiger partial charge in [-0.25, -0.2) is 0 Å². The van der Waals surface area contributed by atoms with Crippen LogP contribution in [0.2, 0.25) is 0 Å². The second-order valence-electron chi connectivity index (χ2n) is 4.59. The van der Waals surface area contributed by atoms with Crippen LogP contribution in [0.25, 0.3) is 0 Å². The summed E-state index contributed by atoms with van der Waals surface area (Å²) in [6.07, 6.45) is 3.20. The third kappa shape index (κ3) is 4.78. The van der Waals surface area contributed by atoms with E-state index in [1.807, 2.05) is 0 Å². The van der Waals surface area contributed by atoms with Gasteiger partial charge in [-0.05, 0) is 30.6 Å². The summed E-state index contributed by atoms with van der Waals surface area (Å²) in [5.41, 5.74) is 1.19. The summed E-state index contributed by atoms with van der Waals surface area (Å²) in [4.78, 5) is 28.3. The molecule has 3 rings (SSSR count). The Bertz CT molecular complexity index is 881. The first kappa shape index (κ1) is 17.4. The molecule has 0 bridgehead atoms. The Morgan fingerprint density at radius 3 is 2.84 bits per heavy atom. The van der Waals surface area contributed by atoms with Crippen LogP contribution in [-0.4, -0.2) is 42.3 Å². The van der Waals surface area contributed by atoms with Crippen LogP contribution in [0.5, 0.6) is 0 Å². The number of rotatable bonds is 6. The molecule has 0 radical (unpaired) electrons. The Hall–Kier alpha value is -2.44. The molecule has 0 unspecified atom stereocenters. The third-order valence-electron chi connectivity index (χ3n) is 2.76. The van der Waals surface area contributed by atoms with E-state index in [2.05, 4.69) is 35.4 Å². The lowest BCUT2D eigenvalue weighted by molar-refractivity contribution is -0.113. The summed E-state index contributed by atoms with van der Waals surface area (Å²) in [5, 5.41) is 17.4. The normalized spacial score (nSPS) is 10.4. The van der Waals surface area contributed by atoms with Crippen molar-refractivity contribution in [3.05, 3.63) is 35.1 Å². The van der Waals surface area contributed by atoms with E-state index < -0.39 is 0 Å². The van der Waals surface area contributed by atoms with Crippen LogP contribution in [0.4, 0.5) is 10.8 Å². The first-order valence-corrected chi connectivity index (χ1v) is 9.46. The van der Waals surface area contributed by atoms with Crippen molar-refractivity contribution in [2.24, 2.45) is 0 Å². The van der Waals surface area contributed by atoms with E-state index in [-0.39, 0.29) is 17.6 Å². The molecule has 0 saturated carbocycles. The van der Waals surface area contributed by atoms with E-state index >= 15 is 0 Å². The van der Waals surface area contributed by atoms with E-state index in [0.717, 1.165) is 11.5 Å². The topological polar surface area (TPSA) is 123 Å². The first-order valence-electron chi connectivity index (χ1n) is 6.88. The molecule has 0 aliphatic rings. The largest absolute Gasteiger partial charge is 0.324 e. The number of nitrogens with one attached hydrogen (secondary N) is 2. The van der Waals surface area contributed by atoms with Gasteiger partial charge in [-0.1, -0.05) is 27.6 Å². The number of carbonyl (C=O) groups is 2. The second kappa shape index (κ2) is 8.09. The summed E-state index contributed by atoms with van der Waals surface area (Å²) in [7, 11) is 0. The van der Waals surface area contributed by atoms with E-state index in [9.17, 15) is 9.59 Å². The van der Waals surface area contributed by atoms with Gasteiger partial charge in [-0.15, -0.1) is 15.3 Å². The number of amides is 2. The van der Waals surface area contributed by atoms with Crippen molar-refractivity contribution in [1.82, 2.24) is 24.8 Å². The molecule has 128 valence electrons. The molecule has 9 nitrogen and oxygen atoms in total. The summed E-state index contributed by atoms with van der Waals surface area (Å²) in [6, 6.07) is 3.49. The number of thioether (sulfide) groups is 1. The van der Waals surface area contributed by atoms with Crippen LogP contribution < -0.4 is 10.6 Å². The van der Waals surface area contributed by atoms with Gasteiger partial charge in [0.25, 0.3) is 5.91 Å². The fourth-order valence-corrected chi connectivity index (χ4v) is 3.77. The minimum absolute atomic E-state index is 0.176. The van der Waals surface area contributed by atoms with Crippen LogP contribution >= 0.6 is 34.6 Å². The second-order valence-corrected chi connectivity index (χ2v) is 7.55. The van der Waals surface area contributed by atoms with Crippen molar-refractivity contribution in [3.63, 3.8) is 0 Å². The molecule has 2 amide bonds. The summed E-state index contributed by atoms with van der Waals surface area (Å²) < 4.78 is 4.30. The van der Waals surface area contributed by atoms with Crippen LogP contribution in [-0.2, 0) is 4.79 Å². The van der Waals surface area contributed by atoms with Gasteiger partial charge in [0.1, 0.15) is 4.88 Å². The van der Waals surface area contributed by atoms with Crippen molar-refractivity contribution in [3.8, 4) is 0 Å². The lowest BCUT2D eigenvalue weighted by Gasteiger charge is -2.02. The highest BCUT2D eigenvalue weighted by Gasteiger charge is 2.16. The molecule has 0 aliphatic carbocycles. The molecule has 25 heavy (non-hydrogen) atoms. The molecule has 0 spiro atoms. The molecule has 0 saturated heterocycles. The predicted octanol–water partition coefficient (Wildman–Crippen LogP) is 2.08. The van der Waals surface area contributed by atoms with Gasteiger partial charge in [-0.3, -0.25) is 19.9 Å². The van der Waals surface area contributed by atoms with Crippen LogP contribution in [0.1, 0.15) is 15.4 Å². The van der Waals surface area contributed by atoms with Crippen molar-refractivity contribution in [2.75, 3.05) is 16.4 Å². The highest BCUT2D eigenvalue weighted by Crippen LogP contribution is 2.26. The van der Waals surface area contributed by atoms with Crippen molar-refractivity contribution in [1.29, 1.82) is 0 Å². The molecular weight excluding hydrogens is 382 g/mol. The Labute approximate surface area is 154 Å². The van der Waals surface area contributed by atoms with Crippen molar-refractivity contribution < 1.29 is 9.59 Å². The molecule has 12 heteroatoms. The fourth-order valence-electron chi connectivity index (χ4n) is 1.67. The monoisotopic (exact) mass is 393 g/mol. The van der Waals surface area contributed by atoms with E-state index in [0.29, 0.717) is 25.7 Å². The minimum Gasteiger partial charge on any atom is -0.324 e. The highest BCUT2D eigenvalue weighted by molar-refractivity contribution is 8.01. The first-order chi connectivity index (χ1) is 12.1. The quantitative estimate of drug-likeness (QED) is 0.482. The van der Waals surface area contributed by atoms with Crippen LogP contribution in [0.3, 0.4) is 0 Å². The van der Waals surface area contributed by atoms with E-state index in [4.69, 9.17) is 0 Å². The number of nitrogens with zero attached hydrogens (tertiary/aromatic N) is 5. The zero-order valence-electron chi connectivity index (χ0n) is 12.8. The molecule has 0 aromatic carbocycles. The zero-order chi connectivity index (χ0) is 17.6. The van der Waals surface area contributed by atoms with Gasteiger partial charge in [0, 0.05) is 6.20 Å². The molecule has 3 heterocycles. The molecule has 0 atom stereocenters. The maximum Gasteiger partial charge on any atom is 0.271 e. The van der Waals surface area contributed by atoms with Gasteiger partial charge in [0.05, 0.1) is 23.3 Å². The zero-order valence-corrected chi connectivity index (χ0v) is 15.2. The number of anilines is 2. The Morgan fingerprint density at radius 2 is 2.12 bits per heavy atom. The molecular formula is C13H11N7O2S3. The lowest BCUT2D eigenvalue weighted by atomic mass is 10.4. The van der Waals surface area contributed by atoms with Gasteiger partial charge in [-0.2, -0.15) is 0 Å². The van der Waals surface area contributed by atoms with Crippen molar-refractivity contribution in [2.45, 2.75) is 11.3 Å². The average molecular weight is 393 g/mol. The van der Waals surface area contributed by atoms with Gasteiger partial charge < -0.3 is 5.32 Å². The molecule has 0 aliphatic heterocycles. The molecule has 3 aromatic heterocycles. The number of aryl methyl sites for hydroxylation is 1. The Morgan fingerprint density at radius 1 is 1.24 bits per heavy atom. The van der Waals surface area contributed by atoms with Gasteiger partial charge in [0.2, 0.25) is 11.0 Å². The number of carbonyl (C=O) groups excluding carboxylic acids is 2. The van der Waals surface area contributed by atoms with Gasteiger partial charge >= 0.3 is 0 Å². The Kier molecular flexibility index (Phi) is 5.63. The maximum absolute atomic E-state index is 12.1.